The SMILES string of the molecule is CCNC(=NCc1cccc(C(F)(F)F)c1)NCC(O)c1ccc(OC)cc1.I. The molecular formula is C20H25F3IN3O2. The molecule has 0 bridgehead atoms. The molecule has 2 rings (SSSR count). The Morgan fingerprint density at radius 2 is 1.83 bits per heavy atom. The maximum Gasteiger partial charge on any atom is 0.416 e. The fraction of sp³-hybridized carbons (Fsp3) is 0.350. The molecule has 0 amide bonds. The van der Waals surface area contributed by atoms with Crippen LogP contribution in [0.3, 0.4) is 0 Å². The van der Waals surface area contributed by atoms with Crippen molar-refractivity contribution in [3.8, 4) is 5.75 Å². The van der Waals surface area contributed by atoms with Crippen LogP contribution in [0.25, 0.3) is 0 Å². The van der Waals surface area contributed by atoms with Gasteiger partial charge in [0.1, 0.15) is 5.75 Å². The number of rotatable bonds is 7. The number of nitrogens with zero attached hydrogens (tertiary/aromatic N) is 1. The number of aliphatic hydroxyl groups excluding tert-OH is 1. The minimum atomic E-state index is -4.38. The van der Waals surface area contributed by atoms with E-state index in [0.29, 0.717) is 29.4 Å². The lowest BCUT2D eigenvalue weighted by Gasteiger charge is -2.16. The number of hydrogen-bond acceptors (Lipinski definition) is 3. The average Bonchev–Trinajstić information content (AvgIpc) is 2.69. The van der Waals surface area contributed by atoms with Gasteiger partial charge in [-0.2, -0.15) is 13.2 Å². The van der Waals surface area contributed by atoms with E-state index >= 15 is 0 Å². The average molecular weight is 523 g/mol. The predicted octanol–water partition coefficient (Wildman–Crippen LogP) is 4.12. The van der Waals surface area contributed by atoms with Gasteiger partial charge >= 0.3 is 6.18 Å². The zero-order valence-electron chi connectivity index (χ0n) is 16.2. The van der Waals surface area contributed by atoms with E-state index in [0.717, 1.165) is 12.1 Å². The van der Waals surface area contributed by atoms with Crippen LogP contribution in [0.5, 0.6) is 5.75 Å². The fourth-order valence-corrected chi connectivity index (χ4v) is 2.50. The zero-order valence-corrected chi connectivity index (χ0v) is 18.5. The van der Waals surface area contributed by atoms with E-state index in [1.807, 2.05) is 6.92 Å². The van der Waals surface area contributed by atoms with Gasteiger partial charge in [-0.05, 0) is 42.3 Å². The van der Waals surface area contributed by atoms with Crippen LogP contribution in [0.15, 0.2) is 53.5 Å². The monoisotopic (exact) mass is 523 g/mol. The molecule has 9 heteroatoms. The summed E-state index contributed by atoms with van der Waals surface area (Å²) in [5, 5.41) is 16.3. The van der Waals surface area contributed by atoms with Gasteiger partial charge in [0.25, 0.3) is 0 Å². The third-order valence-electron chi connectivity index (χ3n) is 3.98. The number of alkyl halides is 3. The first-order valence-electron chi connectivity index (χ1n) is 8.83. The molecule has 3 N–H and O–H groups in total. The maximum atomic E-state index is 12.8. The molecular weight excluding hydrogens is 498 g/mol. The third-order valence-corrected chi connectivity index (χ3v) is 3.98. The summed E-state index contributed by atoms with van der Waals surface area (Å²) in [6, 6.07) is 12.1. The molecule has 0 radical (unpaired) electrons. The molecule has 0 heterocycles. The third kappa shape index (κ3) is 8.09. The van der Waals surface area contributed by atoms with Crippen LogP contribution in [0, 0.1) is 0 Å². The number of benzene rings is 2. The summed E-state index contributed by atoms with van der Waals surface area (Å²) >= 11 is 0. The highest BCUT2D eigenvalue weighted by Crippen LogP contribution is 2.29. The van der Waals surface area contributed by atoms with Crippen molar-refractivity contribution >= 4 is 29.9 Å². The molecule has 0 fully saturated rings. The van der Waals surface area contributed by atoms with Crippen molar-refractivity contribution in [1.29, 1.82) is 0 Å². The number of methoxy groups -OCH3 is 1. The van der Waals surface area contributed by atoms with E-state index in [4.69, 9.17) is 4.74 Å². The summed E-state index contributed by atoms with van der Waals surface area (Å²) in [7, 11) is 1.57. The van der Waals surface area contributed by atoms with Crippen LogP contribution < -0.4 is 15.4 Å². The molecule has 0 spiro atoms. The van der Waals surface area contributed by atoms with Gasteiger partial charge in [0.05, 0.1) is 25.3 Å². The Hall–Kier alpha value is -2.01. The van der Waals surface area contributed by atoms with Gasteiger partial charge in [0.2, 0.25) is 0 Å². The highest BCUT2D eigenvalue weighted by Gasteiger charge is 2.30. The van der Waals surface area contributed by atoms with Gasteiger partial charge in [0, 0.05) is 13.1 Å². The van der Waals surface area contributed by atoms with Crippen molar-refractivity contribution in [2.24, 2.45) is 4.99 Å². The Kier molecular flexibility index (Phi) is 10.2. The summed E-state index contributed by atoms with van der Waals surface area (Å²) in [5.74, 6) is 1.10. The number of aliphatic hydroxyl groups is 1. The number of halogens is 4. The van der Waals surface area contributed by atoms with Crippen molar-refractivity contribution < 1.29 is 23.0 Å². The summed E-state index contributed by atoms with van der Waals surface area (Å²) in [5.41, 5.74) is 0.456. The summed E-state index contributed by atoms with van der Waals surface area (Å²) in [6.07, 6.45) is -5.16. The standard InChI is InChI=1S/C20H24F3N3O2.HI/c1-3-24-19(25-12-14-5-4-6-16(11-14)20(21,22)23)26-13-18(27)15-7-9-17(28-2)10-8-15;/h4-11,18,27H,3,12-13H2,1-2H3,(H2,24,25,26);1H. The van der Waals surface area contributed by atoms with E-state index in [2.05, 4.69) is 15.6 Å². The van der Waals surface area contributed by atoms with Gasteiger partial charge < -0.3 is 20.5 Å². The molecule has 1 atom stereocenters. The second-order valence-corrected chi connectivity index (χ2v) is 6.06. The highest BCUT2D eigenvalue weighted by atomic mass is 127. The molecule has 0 aliphatic carbocycles. The number of hydrogen-bond donors (Lipinski definition) is 3. The number of ether oxygens (including phenoxy) is 1. The lowest BCUT2D eigenvalue weighted by atomic mass is 10.1. The zero-order chi connectivity index (χ0) is 20.6. The maximum absolute atomic E-state index is 12.8. The summed E-state index contributed by atoms with van der Waals surface area (Å²) in [4.78, 5) is 4.30. The first-order chi connectivity index (χ1) is 13.3. The Bertz CT molecular complexity index is 783. The van der Waals surface area contributed by atoms with Gasteiger partial charge in [-0.3, -0.25) is 0 Å². The van der Waals surface area contributed by atoms with E-state index in [-0.39, 0.29) is 37.1 Å². The number of aliphatic imine (C=N–C) groups is 1. The topological polar surface area (TPSA) is 65.9 Å². The van der Waals surface area contributed by atoms with Gasteiger partial charge in [-0.1, -0.05) is 24.3 Å². The van der Waals surface area contributed by atoms with Crippen molar-refractivity contribution in [3.05, 3.63) is 65.2 Å². The highest BCUT2D eigenvalue weighted by molar-refractivity contribution is 14.0. The molecule has 0 aliphatic heterocycles. The molecule has 0 saturated heterocycles. The lowest BCUT2D eigenvalue weighted by Crippen LogP contribution is -2.39. The van der Waals surface area contributed by atoms with E-state index in [1.165, 1.54) is 6.07 Å². The van der Waals surface area contributed by atoms with Gasteiger partial charge in [-0.25, -0.2) is 4.99 Å². The normalized spacial score (nSPS) is 12.7. The van der Waals surface area contributed by atoms with Crippen molar-refractivity contribution in [2.45, 2.75) is 25.7 Å². The minimum Gasteiger partial charge on any atom is -0.497 e. The Morgan fingerprint density at radius 3 is 2.41 bits per heavy atom. The van der Waals surface area contributed by atoms with Crippen LogP contribution in [-0.2, 0) is 12.7 Å². The molecule has 29 heavy (non-hydrogen) atoms. The predicted molar refractivity (Wildman–Crippen MR) is 118 cm³/mol. The molecule has 0 aromatic heterocycles. The van der Waals surface area contributed by atoms with Crippen LogP contribution in [0.1, 0.15) is 29.7 Å². The summed E-state index contributed by atoms with van der Waals surface area (Å²) < 4.78 is 43.5. The smallest absolute Gasteiger partial charge is 0.416 e. The van der Waals surface area contributed by atoms with E-state index < -0.39 is 17.8 Å². The van der Waals surface area contributed by atoms with E-state index in [9.17, 15) is 18.3 Å². The van der Waals surface area contributed by atoms with Crippen LogP contribution >= 0.6 is 24.0 Å². The van der Waals surface area contributed by atoms with Crippen molar-refractivity contribution in [3.63, 3.8) is 0 Å². The number of guanidine groups is 1. The molecule has 2 aromatic carbocycles. The quantitative estimate of drug-likeness (QED) is 0.290. The number of nitrogens with one attached hydrogen (secondary N) is 2. The second kappa shape index (κ2) is 11.9. The molecule has 2 aromatic rings. The second-order valence-electron chi connectivity index (χ2n) is 6.06. The molecule has 0 saturated carbocycles. The first-order valence-corrected chi connectivity index (χ1v) is 8.83. The van der Waals surface area contributed by atoms with Crippen LogP contribution in [-0.4, -0.2) is 31.3 Å². The Balaban J connectivity index is 0.00000420. The largest absolute Gasteiger partial charge is 0.497 e. The van der Waals surface area contributed by atoms with Crippen molar-refractivity contribution in [2.75, 3.05) is 20.2 Å². The Labute approximate surface area is 185 Å². The molecule has 5 nitrogen and oxygen atoms in total. The molecule has 0 aliphatic rings. The van der Waals surface area contributed by atoms with Gasteiger partial charge in [0.15, 0.2) is 5.96 Å². The minimum absolute atomic E-state index is 0. The first kappa shape index (κ1) is 25.0. The Morgan fingerprint density at radius 1 is 1.14 bits per heavy atom. The lowest BCUT2D eigenvalue weighted by molar-refractivity contribution is -0.137. The molecule has 160 valence electrons. The fourth-order valence-electron chi connectivity index (χ4n) is 2.50. The summed E-state index contributed by atoms with van der Waals surface area (Å²) in [6.45, 7) is 2.73. The van der Waals surface area contributed by atoms with Gasteiger partial charge in [-0.15, -0.1) is 24.0 Å². The molecule has 1 unspecified atom stereocenters. The van der Waals surface area contributed by atoms with Crippen molar-refractivity contribution in [1.82, 2.24) is 10.6 Å². The van der Waals surface area contributed by atoms with Crippen LogP contribution in [0.2, 0.25) is 0 Å². The van der Waals surface area contributed by atoms with Crippen LogP contribution in [0.4, 0.5) is 13.2 Å². The van der Waals surface area contributed by atoms with E-state index in [1.54, 1.807) is 37.4 Å².